The smallest absolute Gasteiger partial charge is 0.0407 e. The van der Waals surface area contributed by atoms with E-state index in [-0.39, 0.29) is 0 Å². The molecule has 0 amide bonds. The molecule has 1 rings (SSSR count). The minimum atomic E-state index is 0.367. The molecule has 3 N–H and O–H groups in total. The average Bonchev–Trinajstić information content (AvgIpc) is 2.47. The van der Waals surface area contributed by atoms with Crippen LogP contribution in [0.3, 0.4) is 0 Å². The van der Waals surface area contributed by atoms with Gasteiger partial charge in [0, 0.05) is 23.3 Å². The van der Waals surface area contributed by atoms with Crippen LogP contribution in [0.25, 0.3) is 0 Å². The van der Waals surface area contributed by atoms with Crippen molar-refractivity contribution in [2.75, 3.05) is 11.9 Å². The third-order valence-electron chi connectivity index (χ3n) is 3.66. The summed E-state index contributed by atoms with van der Waals surface area (Å²) in [6.07, 6.45) is 10.6. The Morgan fingerprint density at radius 3 is 2.20 bits per heavy atom. The Kier molecular flexibility index (Phi) is 9.52. The maximum absolute atomic E-state index is 5.88. The Morgan fingerprint density at radius 2 is 1.60 bits per heavy atom. The van der Waals surface area contributed by atoms with Crippen LogP contribution in [0.2, 0.25) is 5.02 Å². The fourth-order valence-electron chi connectivity index (χ4n) is 2.38. The molecular formula is C17H29ClN2. The number of hydrogen-bond donors (Lipinski definition) is 2. The minimum absolute atomic E-state index is 0.367. The molecule has 0 aromatic heterocycles. The lowest BCUT2D eigenvalue weighted by Gasteiger charge is -2.18. The van der Waals surface area contributed by atoms with E-state index in [2.05, 4.69) is 12.2 Å². The second-order valence-electron chi connectivity index (χ2n) is 5.49. The first-order chi connectivity index (χ1) is 9.76. The van der Waals surface area contributed by atoms with Gasteiger partial charge in [-0.15, -0.1) is 0 Å². The van der Waals surface area contributed by atoms with Crippen molar-refractivity contribution >= 4 is 17.3 Å². The lowest BCUT2D eigenvalue weighted by molar-refractivity contribution is 0.548. The molecule has 0 aliphatic heterocycles. The summed E-state index contributed by atoms with van der Waals surface area (Å²) in [6.45, 7) is 2.94. The van der Waals surface area contributed by atoms with Gasteiger partial charge in [-0.25, -0.2) is 0 Å². The molecule has 0 heterocycles. The number of nitrogens with two attached hydrogens (primary N) is 1. The van der Waals surface area contributed by atoms with E-state index in [0.29, 0.717) is 12.6 Å². The Bertz CT molecular complexity index is 337. The van der Waals surface area contributed by atoms with E-state index >= 15 is 0 Å². The van der Waals surface area contributed by atoms with E-state index < -0.39 is 0 Å². The molecule has 1 atom stereocenters. The Hall–Kier alpha value is -0.730. The first kappa shape index (κ1) is 17.3. The summed E-state index contributed by atoms with van der Waals surface area (Å²) >= 11 is 5.88. The monoisotopic (exact) mass is 296 g/mol. The number of hydrogen-bond acceptors (Lipinski definition) is 2. The number of anilines is 1. The molecule has 2 nitrogen and oxygen atoms in total. The first-order valence-corrected chi connectivity index (χ1v) is 8.36. The van der Waals surface area contributed by atoms with Gasteiger partial charge in [-0.3, -0.25) is 0 Å². The summed E-state index contributed by atoms with van der Waals surface area (Å²) < 4.78 is 0. The van der Waals surface area contributed by atoms with Gasteiger partial charge in [-0.1, -0.05) is 63.5 Å². The molecule has 0 bridgehead atoms. The maximum Gasteiger partial charge on any atom is 0.0407 e. The van der Waals surface area contributed by atoms with Gasteiger partial charge in [0.25, 0.3) is 0 Å². The summed E-state index contributed by atoms with van der Waals surface area (Å²) in [5, 5.41) is 4.25. The van der Waals surface area contributed by atoms with E-state index in [9.17, 15) is 0 Å². The Balaban J connectivity index is 2.14. The summed E-state index contributed by atoms with van der Waals surface area (Å²) in [5.41, 5.74) is 6.95. The summed E-state index contributed by atoms with van der Waals surface area (Å²) in [7, 11) is 0. The lowest BCUT2D eigenvalue weighted by Crippen LogP contribution is -2.28. The summed E-state index contributed by atoms with van der Waals surface area (Å²) in [6, 6.07) is 8.20. The SMILES string of the molecule is CCCCCCCCCC(CN)Nc1ccc(Cl)cc1. The van der Waals surface area contributed by atoms with Crippen molar-refractivity contribution in [2.24, 2.45) is 5.73 Å². The molecule has 0 radical (unpaired) electrons. The predicted molar refractivity (Wildman–Crippen MR) is 90.5 cm³/mol. The van der Waals surface area contributed by atoms with Crippen molar-refractivity contribution < 1.29 is 0 Å². The number of rotatable bonds is 11. The minimum Gasteiger partial charge on any atom is -0.381 e. The number of nitrogens with one attached hydrogen (secondary N) is 1. The van der Waals surface area contributed by atoms with E-state index in [1.165, 1.54) is 44.9 Å². The maximum atomic E-state index is 5.88. The first-order valence-electron chi connectivity index (χ1n) is 7.98. The van der Waals surface area contributed by atoms with Crippen molar-refractivity contribution in [3.05, 3.63) is 29.3 Å². The van der Waals surface area contributed by atoms with Crippen LogP contribution < -0.4 is 11.1 Å². The second kappa shape index (κ2) is 11.0. The molecule has 114 valence electrons. The van der Waals surface area contributed by atoms with Crippen molar-refractivity contribution in [3.8, 4) is 0 Å². The van der Waals surface area contributed by atoms with Gasteiger partial charge < -0.3 is 11.1 Å². The second-order valence-corrected chi connectivity index (χ2v) is 5.93. The van der Waals surface area contributed by atoms with Gasteiger partial charge in [0.2, 0.25) is 0 Å². The number of halogens is 1. The fraction of sp³-hybridized carbons (Fsp3) is 0.647. The zero-order valence-corrected chi connectivity index (χ0v) is 13.5. The van der Waals surface area contributed by atoms with E-state index in [1.807, 2.05) is 24.3 Å². The van der Waals surface area contributed by atoms with Crippen LogP contribution >= 0.6 is 11.6 Å². The third-order valence-corrected chi connectivity index (χ3v) is 3.91. The van der Waals surface area contributed by atoms with Crippen molar-refractivity contribution in [3.63, 3.8) is 0 Å². The molecule has 1 aromatic carbocycles. The molecule has 20 heavy (non-hydrogen) atoms. The van der Waals surface area contributed by atoms with Crippen LogP contribution in [-0.4, -0.2) is 12.6 Å². The predicted octanol–water partition coefficient (Wildman–Crippen LogP) is 5.22. The zero-order valence-electron chi connectivity index (χ0n) is 12.7. The van der Waals surface area contributed by atoms with Gasteiger partial charge in [-0.2, -0.15) is 0 Å². The topological polar surface area (TPSA) is 38.0 Å². The lowest BCUT2D eigenvalue weighted by atomic mass is 10.0. The van der Waals surface area contributed by atoms with Gasteiger partial charge in [-0.05, 0) is 30.7 Å². The van der Waals surface area contributed by atoms with Crippen LogP contribution in [0.15, 0.2) is 24.3 Å². The van der Waals surface area contributed by atoms with Crippen LogP contribution in [-0.2, 0) is 0 Å². The Labute approximate surface area is 129 Å². The molecule has 0 aliphatic rings. The number of benzene rings is 1. The molecular weight excluding hydrogens is 268 g/mol. The van der Waals surface area contributed by atoms with Crippen molar-refractivity contribution in [1.82, 2.24) is 0 Å². The average molecular weight is 297 g/mol. The molecule has 0 fully saturated rings. The van der Waals surface area contributed by atoms with Crippen LogP contribution in [0.4, 0.5) is 5.69 Å². The number of unbranched alkanes of at least 4 members (excludes halogenated alkanes) is 6. The quantitative estimate of drug-likeness (QED) is 0.549. The zero-order chi connectivity index (χ0) is 14.6. The fourth-order valence-corrected chi connectivity index (χ4v) is 2.50. The molecule has 1 aromatic rings. The summed E-state index contributed by atoms with van der Waals surface area (Å²) in [5.74, 6) is 0. The highest BCUT2D eigenvalue weighted by atomic mass is 35.5. The Morgan fingerprint density at radius 1 is 1.00 bits per heavy atom. The normalized spacial score (nSPS) is 12.3. The van der Waals surface area contributed by atoms with Gasteiger partial charge in [0.15, 0.2) is 0 Å². The molecule has 3 heteroatoms. The van der Waals surface area contributed by atoms with Gasteiger partial charge >= 0.3 is 0 Å². The molecule has 0 aliphatic carbocycles. The molecule has 1 unspecified atom stereocenters. The highest BCUT2D eigenvalue weighted by Crippen LogP contribution is 2.16. The van der Waals surface area contributed by atoms with E-state index in [0.717, 1.165) is 17.1 Å². The van der Waals surface area contributed by atoms with Crippen LogP contribution in [0, 0.1) is 0 Å². The van der Waals surface area contributed by atoms with Crippen molar-refractivity contribution in [2.45, 2.75) is 64.3 Å². The highest BCUT2D eigenvalue weighted by Gasteiger charge is 2.06. The van der Waals surface area contributed by atoms with Gasteiger partial charge in [0.1, 0.15) is 0 Å². The third kappa shape index (κ3) is 7.76. The molecule has 0 saturated heterocycles. The largest absolute Gasteiger partial charge is 0.381 e. The van der Waals surface area contributed by atoms with E-state index in [4.69, 9.17) is 17.3 Å². The molecule has 0 spiro atoms. The standard InChI is InChI=1S/C17H29ClN2/c1-2-3-4-5-6-7-8-9-17(14-19)20-16-12-10-15(18)11-13-16/h10-13,17,20H,2-9,14,19H2,1H3. The van der Waals surface area contributed by atoms with E-state index in [1.54, 1.807) is 0 Å². The van der Waals surface area contributed by atoms with Crippen LogP contribution in [0.1, 0.15) is 58.3 Å². The van der Waals surface area contributed by atoms with Crippen molar-refractivity contribution in [1.29, 1.82) is 0 Å². The van der Waals surface area contributed by atoms with Crippen LogP contribution in [0.5, 0.6) is 0 Å². The highest BCUT2D eigenvalue weighted by molar-refractivity contribution is 6.30. The van der Waals surface area contributed by atoms with Gasteiger partial charge in [0.05, 0.1) is 0 Å². The molecule has 0 saturated carbocycles. The summed E-state index contributed by atoms with van der Waals surface area (Å²) in [4.78, 5) is 0.